The smallest absolute Gasteiger partial charge is 0.0438 e. The van der Waals surface area contributed by atoms with Gasteiger partial charge >= 0.3 is 0 Å². The van der Waals surface area contributed by atoms with Crippen LogP contribution < -0.4 is 5.73 Å². The van der Waals surface area contributed by atoms with Crippen LogP contribution in [0.15, 0.2) is 18.2 Å². The lowest BCUT2D eigenvalue weighted by atomic mass is 9.69. The van der Waals surface area contributed by atoms with E-state index in [4.69, 9.17) is 17.3 Å². The molecular weight excluding hydrogens is 218 g/mol. The average molecular weight is 238 g/mol. The zero-order valence-electron chi connectivity index (χ0n) is 9.93. The van der Waals surface area contributed by atoms with Gasteiger partial charge in [-0.25, -0.2) is 0 Å². The standard InChI is InChI=1S/C14H20ClN/c1-11-5-6-12(9-13(11)15)14(10-16)7-3-2-4-8-14/h5-6,9H,2-4,7-8,10,16H2,1H3. The maximum atomic E-state index is 6.21. The maximum Gasteiger partial charge on any atom is 0.0438 e. The van der Waals surface area contributed by atoms with Crippen molar-refractivity contribution in [2.75, 3.05) is 6.54 Å². The molecule has 16 heavy (non-hydrogen) atoms. The largest absolute Gasteiger partial charge is 0.330 e. The van der Waals surface area contributed by atoms with Gasteiger partial charge in [0.1, 0.15) is 0 Å². The normalized spacial score (nSPS) is 19.7. The van der Waals surface area contributed by atoms with Crippen molar-refractivity contribution >= 4 is 11.6 Å². The molecule has 0 radical (unpaired) electrons. The molecule has 0 spiro atoms. The van der Waals surface area contributed by atoms with Gasteiger partial charge in [0.2, 0.25) is 0 Å². The van der Waals surface area contributed by atoms with E-state index in [0.717, 1.165) is 17.1 Å². The third kappa shape index (κ3) is 2.11. The Kier molecular flexibility index (Phi) is 3.56. The summed E-state index contributed by atoms with van der Waals surface area (Å²) in [5, 5.41) is 0.871. The van der Waals surface area contributed by atoms with Crippen molar-refractivity contribution in [2.45, 2.75) is 44.4 Å². The average Bonchev–Trinajstić information content (AvgIpc) is 2.33. The van der Waals surface area contributed by atoms with Gasteiger partial charge in [0.25, 0.3) is 0 Å². The first-order valence-corrected chi connectivity index (χ1v) is 6.52. The fourth-order valence-corrected chi connectivity index (χ4v) is 2.94. The molecule has 0 amide bonds. The Morgan fingerprint density at radius 3 is 2.50 bits per heavy atom. The Balaban J connectivity index is 2.35. The second-order valence-corrected chi connectivity index (χ2v) is 5.42. The topological polar surface area (TPSA) is 26.0 Å². The number of rotatable bonds is 2. The molecule has 1 fully saturated rings. The number of benzene rings is 1. The number of halogens is 1. The van der Waals surface area contributed by atoms with Crippen molar-refractivity contribution in [3.63, 3.8) is 0 Å². The maximum absolute atomic E-state index is 6.21. The van der Waals surface area contributed by atoms with Crippen LogP contribution in [0.5, 0.6) is 0 Å². The molecule has 0 saturated heterocycles. The van der Waals surface area contributed by atoms with Crippen molar-refractivity contribution in [3.05, 3.63) is 34.3 Å². The predicted molar refractivity (Wildman–Crippen MR) is 70.0 cm³/mol. The van der Waals surface area contributed by atoms with Gasteiger partial charge in [0.05, 0.1) is 0 Å². The summed E-state index contributed by atoms with van der Waals surface area (Å²) in [5.41, 5.74) is 8.69. The van der Waals surface area contributed by atoms with Crippen LogP contribution in [0.2, 0.25) is 5.02 Å². The van der Waals surface area contributed by atoms with Gasteiger partial charge in [-0.05, 0) is 37.0 Å². The third-order valence-corrected chi connectivity index (χ3v) is 4.39. The van der Waals surface area contributed by atoms with Crippen LogP contribution in [-0.4, -0.2) is 6.54 Å². The minimum absolute atomic E-state index is 0.190. The SMILES string of the molecule is Cc1ccc(C2(CN)CCCCC2)cc1Cl. The highest BCUT2D eigenvalue weighted by Gasteiger charge is 2.32. The molecule has 88 valence electrons. The fraction of sp³-hybridized carbons (Fsp3) is 0.571. The summed E-state index contributed by atoms with van der Waals surface area (Å²) in [6.07, 6.45) is 6.36. The molecule has 0 atom stereocenters. The summed E-state index contributed by atoms with van der Waals surface area (Å²) in [5.74, 6) is 0. The van der Waals surface area contributed by atoms with Crippen LogP contribution in [0.3, 0.4) is 0 Å². The van der Waals surface area contributed by atoms with E-state index in [1.165, 1.54) is 37.7 Å². The van der Waals surface area contributed by atoms with E-state index >= 15 is 0 Å². The summed E-state index contributed by atoms with van der Waals surface area (Å²) < 4.78 is 0. The van der Waals surface area contributed by atoms with Crippen LogP contribution in [0.1, 0.15) is 43.2 Å². The Morgan fingerprint density at radius 2 is 1.94 bits per heavy atom. The van der Waals surface area contributed by atoms with E-state index in [9.17, 15) is 0 Å². The summed E-state index contributed by atoms with van der Waals surface area (Å²) in [6, 6.07) is 6.44. The minimum atomic E-state index is 0.190. The highest BCUT2D eigenvalue weighted by atomic mass is 35.5. The second kappa shape index (κ2) is 4.77. The first kappa shape index (κ1) is 11.9. The molecule has 1 aliphatic carbocycles. The molecule has 1 saturated carbocycles. The molecule has 1 aromatic rings. The van der Waals surface area contributed by atoms with Gasteiger partial charge in [0.15, 0.2) is 0 Å². The number of hydrogen-bond acceptors (Lipinski definition) is 1. The van der Waals surface area contributed by atoms with Gasteiger partial charge in [-0.15, -0.1) is 0 Å². The van der Waals surface area contributed by atoms with Crippen LogP contribution >= 0.6 is 11.6 Å². The van der Waals surface area contributed by atoms with E-state index in [-0.39, 0.29) is 5.41 Å². The van der Waals surface area contributed by atoms with Crippen LogP contribution in [0.25, 0.3) is 0 Å². The highest BCUT2D eigenvalue weighted by molar-refractivity contribution is 6.31. The van der Waals surface area contributed by atoms with Crippen LogP contribution in [0, 0.1) is 6.92 Å². The first-order chi connectivity index (χ1) is 7.68. The Hall–Kier alpha value is -0.530. The lowest BCUT2D eigenvalue weighted by Gasteiger charge is -2.37. The van der Waals surface area contributed by atoms with Crippen molar-refractivity contribution in [3.8, 4) is 0 Å². The zero-order chi connectivity index (χ0) is 11.6. The molecule has 0 heterocycles. The van der Waals surface area contributed by atoms with Crippen molar-refractivity contribution in [1.82, 2.24) is 0 Å². The van der Waals surface area contributed by atoms with E-state index in [1.54, 1.807) is 0 Å². The summed E-state index contributed by atoms with van der Waals surface area (Å²) in [6.45, 7) is 2.79. The molecule has 0 aliphatic heterocycles. The minimum Gasteiger partial charge on any atom is -0.330 e. The van der Waals surface area contributed by atoms with Gasteiger partial charge < -0.3 is 5.73 Å². The number of nitrogens with two attached hydrogens (primary N) is 1. The summed E-state index contributed by atoms with van der Waals surface area (Å²) >= 11 is 6.21. The molecule has 2 heteroatoms. The van der Waals surface area contributed by atoms with Gasteiger partial charge in [0, 0.05) is 17.0 Å². The molecule has 0 aromatic heterocycles. The van der Waals surface area contributed by atoms with Crippen LogP contribution in [0.4, 0.5) is 0 Å². The zero-order valence-corrected chi connectivity index (χ0v) is 10.7. The number of aryl methyl sites for hydroxylation is 1. The van der Waals surface area contributed by atoms with E-state index in [2.05, 4.69) is 18.2 Å². The predicted octanol–water partition coefficient (Wildman–Crippen LogP) is 3.81. The Bertz CT molecular complexity index is 367. The lowest BCUT2D eigenvalue weighted by Crippen LogP contribution is -2.37. The fourth-order valence-electron chi connectivity index (χ4n) is 2.76. The quantitative estimate of drug-likeness (QED) is 0.832. The van der Waals surface area contributed by atoms with Gasteiger partial charge in [-0.2, -0.15) is 0 Å². The van der Waals surface area contributed by atoms with Crippen molar-refractivity contribution < 1.29 is 0 Å². The molecule has 0 bridgehead atoms. The molecular formula is C14H20ClN. The first-order valence-electron chi connectivity index (χ1n) is 6.15. The molecule has 2 N–H and O–H groups in total. The third-order valence-electron chi connectivity index (χ3n) is 3.99. The molecule has 0 unspecified atom stereocenters. The second-order valence-electron chi connectivity index (χ2n) is 5.01. The monoisotopic (exact) mass is 237 g/mol. The molecule has 1 nitrogen and oxygen atoms in total. The molecule has 1 aliphatic rings. The Morgan fingerprint density at radius 1 is 1.25 bits per heavy atom. The lowest BCUT2D eigenvalue weighted by molar-refractivity contribution is 0.301. The molecule has 1 aromatic carbocycles. The van der Waals surface area contributed by atoms with Gasteiger partial charge in [-0.3, -0.25) is 0 Å². The Labute approximate surface area is 103 Å². The summed E-state index contributed by atoms with van der Waals surface area (Å²) in [7, 11) is 0. The van der Waals surface area contributed by atoms with E-state index in [0.29, 0.717) is 0 Å². The van der Waals surface area contributed by atoms with E-state index < -0.39 is 0 Å². The molecule has 2 rings (SSSR count). The highest BCUT2D eigenvalue weighted by Crippen LogP contribution is 2.39. The summed E-state index contributed by atoms with van der Waals surface area (Å²) in [4.78, 5) is 0. The van der Waals surface area contributed by atoms with Gasteiger partial charge in [-0.1, -0.05) is 43.0 Å². The van der Waals surface area contributed by atoms with E-state index in [1.807, 2.05) is 6.92 Å². The number of hydrogen-bond donors (Lipinski definition) is 1. The van der Waals surface area contributed by atoms with Crippen molar-refractivity contribution in [1.29, 1.82) is 0 Å². The van der Waals surface area contributed by atoms with Crippen molar-refractivity contribution in [2.24, 2.45) is 5.73 Å². The van der Waals surface area contributed by atoms with Crippen LogP contribution in [-0.2, 0) is 5.41 Å².